The van der Waals surface area contributed by atoms with E-state index in [1.54, 1.807) is 0 Å². The maximum atomic E-state index is 12.5. The lowest BCUT2D eigenvalue weighted by atomic mass is 9.81. The molecule has 0 radical (unpaired) electrons. The largest absolute Gasteiger partial charge is 0.354 e. The van der Waals surface area contributed by atoms with Crippen LogP contribution in [-0.2, 0) is 11.2 Å². The van der Waals surface area contributed by atoms with Crippen molar-refractivity contribution in [3.63, 3.8) is 0 Å². The molecular weight excluding hydrogens is 316 g/mol. The highest BCUT2D eigenvalue weighted by molar-refractivity contribution is 7.99. The molecule has 2 rings (SSSR count). The summed E-state index contributed by atoms with van der Waals surface area (Å²) in [7, 11) is 0. The molecule has 5 heteroatoms. The molecule has 1 aliphatic heterocycles. The highest BCUT2D eigenvalue weighted by Crippen LogP contribution is 2.36. The van der Waals surface area contributed by atoms with Crippen molar-refractivity contribution in [1.82, 2.24) is 5.32 Å². The second-order valence-corrected chi connectivity index (χ2v) is 7.02. The molecule has 0 aromatic heterocycles. The van der Waals surface area contributed by atoms with Gasteiger partial charge in [0, 0.05) is 18.3 Å². The van der Waals surface area contributed by atoms with Crippen LogP contribution in [0.25, 0.3) is 0 Å². The van der Waals surface area contributed by atoms with Crippen LogP contribution in [-0.4, -0.2) is 24.7 Å². The highest BCUT2D eigenvalue weighted by Gasteiger charge is 2.33. The van der Waals surface area contributed by atoms with Crippen molar-refractivity contribution in [2.45, 2.75) is 38.4 Å². The predicted octanol–water partition coefficient (Wildman–Crippen LogP) is 3.32. The molecule has 1 aromatic carbocycles. The zero-order chi connectivity index (χ0) is 15.3. The molecule has 3 nitrogen and oxygen atoms in total. The molecule has 0 saturated heterocycles. The standard InChI is InChI=1S/C17H26N2OS.ClH/c1-3-17(4-2,12-18)16(20)19-11-15-14-8-6-5-7-13(14)9-10-21-15;/h5-8,15H,3-4,9-12,18H2,1-2H3,(H,19,20);1H. The van der Waals surface area contributed by atoms with Gasteiger partial charge < -0.3 is 11.1 Å². The Kier molecular flexibility index (Phi) is 7.74. The molecule has 0 saturated carbocycles. The minimum Gasteiger partial charge on any atom is -0.354 e. The van der Waals surface area contributed by atoms with Gasteiger partial charge in [0.2, 0.25) is 5.91 Å². The quantitative estimate of drug-likeness (QED) is 0.833. The maximum Gasteiger partial charge on any atom is 0.227 e. The van der Waals surface area contributed by atoms with Crippen molar-refractivity contribution in [3.05, 3.63) is 35.4 Å². The molecule has 1 unspecified atom stereocenters. The number of aryl methyl sites for hydroxylation is 1. The van der Waals surface area contributed by atoms with Gasteiger partial charge in [0.15, 0.2) is 0 Å². The number of hydrogen-bond donors (Lipinski definition) is 2. The smallest absolute Gasteiger partial charge is 0.227 e. The van der Waals surface area contributed by atoms with Gasteiger partial charge in [0.25, 0.3) is 0 Å². The highest BCUT2D eigenvalue weighted by atomic mass is 35.5. The number of hydrogen-bond acceptors (Lipinski definition) is 3. The number of benzene rings is 1. The van der Waals surface area contributed by atoms with Crippen LogP contribution in [0, 0.1) is 5.41 Å². The lowest BCUT2D eigenvalue weighted by Crippen LogP contribution is -2.46. The van der Waals surface area contributed by atoms with E-state index in [0.29, 0.717) is 18.3 Å². The van der Waals surface area contributed by atoms with Crippen LogP contribution in [0.3, 0.4) is 0 Å². The molecule has 1 heterocycles. The van der Waals surface area contributed by atoms with Gasteiger partial charge in [0.05, 0.1) is 5.41 Å². The van der Waals surface area contributed by atoms with Crippen molar-refractivity contribution in [3.8, 4) is 0 Å². The first-order valence-electron chi connectivity index (χ1n) is 7.84. The Hall–Kier alpha value is -0.710. The fourth-order valence-electron chi connectivity index (χ4n) is 2.97. The molecule has 3 N–H and O–H groups in total. The Labute approximate surface area is 144 Å². The second kappa shape index (κ2) is 8.80. The number of carbonyl (C=O) groups excluding carboxylic acids is 1. The Morgan fingerprint density at radius 3 is 2.68 bits per heavy atom. The van der Waals surface area contributed by atoms with E-state index in [2.05, 4.69) is 29.6 Å². The number of nitrogens with one attached hydrogen (secondary N) is 1. The molecule has 1 aromatic rings. The van der Waals surface area contributed by atoms with E-state index in [4.69, 9.17) is 5.73 Å². The maximum absolute atomic E-state index is 12.5. The van der Waals surface area contributed by atoms with Crippen LogP contribution >= 0.6 is 24.2 Å². The second-order valence-electron chi connectivity index (χ2n) is 5.71. The first kappa shape index (κ1) is 19.3. The normalized spacial score (nSPS) is 17.3. The van der Waals surface area contributed by atoms with E-state index in [1.165, 1.54) is 11.1 Å². The summed E-state index contributed by atoms with van der Waals surface area (Å²) in [5.74, 6) is 1.24. The SMILES string of the molecule is CCC(CC)(CN)C(=O)NCC1SCCc2ccccc21.Cl. The summed E-state index contributed by atoms with van der Waals surface area (Å²) in [4.78, 5) is 12.5. The Bertz CT molecular complexity index is 483. The van der Waals surface area contributed by atoms with Crippen molar-refractivity contribution in [1.29, 1.82) is 0 Å². The third kappa shape index (κ3) is 3.98. The van der Waals surface area contributed by atoms with E-state index < -0.39 is 5.41 Å². The molecule has 1 aliphatic rings. The third-order valence-corrected chi connectivity index (χ3v) is 6.03. The van der Waals surface area contributed by atoms with Gasteiger partial charge in [-0.1, -0.05) is 38.1 Å². The number of rotatable bonds is 6. The molecule has 0 spiro atoms. The topological polar surface area (TPSA) is 55.1 Å². The molecule has 0 bridgehead atoms. The van der Waals surface area contributed by atoms with Gasteiger partial charge >= 0.3 is 0 Å². The summed E-state index contributed by atoms with van der Waals surface area (Å²) >= 11 is 1.94. The lowest BCUT2D eigenvalue weighted by molar-refractivity contribution is -0.131. The Morgan fingerprint density at radius 1 is 1.36 bits per heavy atom. The van der Waals surface area contributed by atoms with Crippen LogP contribution in [0.5, 0.6) is 0 Å². The van der Waals surface area contributed by atoms with Gasteiger partial charge in [-0.3, -0.25) is 4.79 Å². The lowest BCUT2D eigenvalue weighted by Gasteiger charge is -2.31. The first-order chi connectivity index (χ1) is 10.2. The van der Waals surface area contributed by atoms with E-state index in [9.17, 15) is 4.79 Å². The molecule has 0 aliphatic carbocycles. The van der Waals surface area contributed by atoms with Crippen molar-refractivity contribution in [2.75, 3.05) is 18.8 Å². The molecule has 0 fully saturated rings. The summed E-state index contributed by atoms with van der Waals surface area (Å²) in [6.07, 6.45) is 2.71. The summed E-state index contributed by atoms with van der Waals surface area (Å²) in [5.41, 5.74) is 8.24. The van der Waals surface area contributed by atoms with Crippen molar-refractivity contribution < 1.29 is 4.79 Å². The average Bonchev–Trinajstić information content (AvgIpc) is 2.55. The minimum absolute atomic E-state index is 0. The molecule has 1 amide bonds. The van der Waals surface area contributed by atoms with Crippen LogP contribution < -0.4 is 11.1 Å². The predicted molar refractivity (Wildman–Crippen MR) is 97.7 cm³/mol. The van der Waals surface area contributed by atoms with Crippen molar-refractivity contribution in [2.24, 2.45) is 11.1 Å². The third-order valence-electron chi connectivity index (χ3n) is 4.77. The van der Waals surface area contributed by atoms with Crippen LogP contribution in [0.1, 0.15) is 43.1 Å². The van der Waals surface area contributed by atoms with E-state index in [-0.39, 0.29) is 18.3 Å². The molecule has 1 atom stereocenters. The van der Waals surface area contributed by atoms with Gasteiger partial charge in [-0.05, 0) is 36.1 Å². The summed E-state index contributed by atoms with van der Waals surface area (Å²) in [6.45, 7) is 5.20. The monoisotopic (exact) mass is 342 g/mol. The van der Waals surface area contributed by atoms with E-state index >= 15 is 0 Å². The number of carbonyl (C=O) groups is 1. The average molecular weight is 343 g/mol. The fourth-order valence-corrected chi connectivity index (χ4v) is 4.20. The number of amides is 1. The molecule has 124 valence electrons. The summed E-state index contributed by atoms with van der Waals surface area (Å²) in [5, 5.41) is 3.51. The number of halogens is 1. The van der Waals surface area contributed by atoms with E-state index in [0.717, 1.165) is 25.0 Å². The fraction of sp³-hybridized carbons (Fsp3) is 0.588. The van der Waals surface area contributed by atoms with E-state index in [1.807, 2.05) is 25.6 Å². The summed E-state index contributed by atoms with van der Waals surface area (Å²) < 4.78 is 0. The van der Waals surface area contributed by atoms with Gasteiger partial charge in [0.1, 0.15) is 0 Å². The molecular formula is C17H27ClN2OS. The number of thioether (sulfide) groups is 1. The minimum atomic E-state index is -0.404. The first-order valence-corrected chi connectivity index (χ1v) is 8.89. The summed E-state index contributed by atoms with van der Waals surface area (Å²) in [6, 6.07) is 8.57. The molecule has 22 heavy (non-hydrogen) atoms. The van der Waals surface area contributed by atoms with Crippen LogP contribution in [0.4, 0.5) is 0 Å². The zero-order valence-electron chi connectivity index (χ0n) is 13.4. The number of nitrogens with two attached hydrogens (primary N) is 1. The van der Waals surface area contributed by atoms with Crippen LogP contribution in [0.15, 0.2) is 24.3 Å². The van der Waals surface area contributed by atoms with Crippen LogP contribution in [0.2, 0.25) is 0 Å². The Balaban J connectivity index is 0.00000242. The van der Waals surface area contributed by atoms with Gasteiger partial charge in [-0.2, -0.15) is 11.8 Å². The van der Waals surface area contributed by atoms with Gasteiger partial charge in [-0.25, -0.2) is 0 Å². The number of fused-ring (bicyclic) bond motifs is 1. The Morgan fingerprint density at radius 2 is 2.05 bits per heavy atom. The van der Waals surface area contributed by atoms with Crippen molar-refractivity contribution >= 4 is 30.1 Å². The zero-order valence-corrected chi connectivity index (χ0v) is 15.1. The van der Waals surface area contributed by atoms with Gasteiger partial charge in [-0.15, -0.1) is 12.4 Å².